The number of nitrogens with two attached hydrogens (primary N) is 1. The van der Waals surface area contributed by atoms with Crippen molar-refractivity contribution in [1.82, 2.24) is 9.88 Å². The average Bonchev–Trinajstić information content (AvgIpc) is 2.65. The Labute approximate surface area is 163 Å². The predicted molar refractivity (Wildman–Crippen MR) is 112 cm³/mol. The lowest BCUT2D eigenvalue weighted by molar-refractivity contribution is 0.0298. The van der Waals surface area contributed by atoms with Crippen LogP contribution in [0.15, 0.2) is 49.2 Å². The first-order valence-electron chi connectivity index (χ1n) is 9.63. The maximum atomic E-state index is 6.18. The van der Waals surface area contributed by atoms with E-state index in [2.05, 4.69) is 68.5 Å². The second-order valence-corrected chi connectivity index (χ2v) is 8.03. The largest absolute Gasteiger partial charge is 0.477 e. The van der Waals surface area contributed by atoms with Crippen molar-refractivity contribution in [3.8, 4) is 5.88 Å². The van der Waals surface area contributed by atoms with Crippen LogP contribution in [0.2, 0.25) is 0 Å². The fourth-order valence-electron chi connectivity index (χ4n) is 4.37. The zero-order valence-corrected chi connectivity index (χ0v) is 16.9. The average molecular weight is 366 g/mol. The molecule has 1 aromatic heterocycles. The summed E-state index contributed by atoms with van der Waals surface area (Å²) in [4.78, 5) is 6.79. The SMILES string of the molecule is C=C(N)c1ccnc(OC[C@H]2C(C)N(C)CC[C@]2(C)c2ccccc2C)c1. The molecule has 3 rings (SSSR count). The lowest BCUT2D eigenvalue weighted by Gasteiger charge is -2.49. The summed E-state index contributed by atoms with van der Waals surface area (Å²) in [6, 6.07) is 12.9. The topological polar surface area (TPSA) is 51.4 Å². The fourth-order valence-corrected chi connectivity index (χ4v) is 4.37. The maximum Gasteiger partial charge on any atom is 0.213 e. The summed E-state index contributed by atoms with van der Waals surface area (Å²) >= 11 is 0. The number of benzene rings is 1. The molecule has 2 heterocycles. The van der Waals surface area contributed by atoms with Crippen molar-refractivity contribution in [2.24, 2.45) is 11.7 Å². The zero-order valence-electron chi connectivity index (χ0n) is 16.9. The first kappa shape index (κ1) is 19.4. The summed E-state index contributed by atoms with van der Waals surface area (Å²) in [6.07, 6.45) is 2.83. The van der Waals surface area contributed by atoms with Gasteiger partial charge in [-0.3, -0.25) is 0 Å². The van der Waals surface area contributed by atoms with Gasteiger partial charge in [0.2, 0.25) is 5.88 Å². The van der Waals surface area contributed by atoms with E-state index in [9.17, 15) is 0 Å². The molecule has 4 heteroatoms. The van der Waals surface area contributed by atoms with E-state index in [0.717, 1.165) is 18.5 Å². The normalized spacial score (nSPS) is 25.9. The number of piperidine rings is 1. The fraction of sp³-hybridized carbons (Fsp3) is 0.435. The van der Waals surface area contributed by atoms with Crippen LogP contribution in [-0.2, 0) is 5.41 Å². The molecular weight excluding hydrogens is 334 g/mol. The number of rotatable bonds is 5. The van der Waals surface area contributed by atoms with Crippen LogP contribution in [0, 0.1) is 12.8 Å². The molecule has 1 aliphatic rings. The number of hydrogen-bond donors (Lipinski definition) is 1. The number of aromatic nitrogens is 1. The first-order valence-corrected chi connectivity index (χ1v) is 9.63. The molecule has 0 saturated carbocycles. The third-order valence-corrected chi connectivity index (χ3v) is 6.36. The monoisotopic (exact) mass is 365 g/mol. The van der Waals surface area contributed by atoms with Gasteiger partial charge in [0.1, 0.15) is 0 Å². The van der Waals surface area contributed by atoms with Crippen LogP contribution < -0.4 is 10.5 Å². The number of pyridine rings is 1. The highest BCUT2D eigenvalue weighted by atomic mass is 16.5. The molecule has 0 spiro atoms. The molecule has 1 unspecified atom stereocenters. The van der Waals surface area contributed by atoms with Crippen LogP contribution in [0.3, 0.4) is 0 Å². The number of hydrogen-bond acceptors (Lipinski definition) is 4. The van der Waals surface area contributed by atoms with Gasteiger partial charge in [0.05, 0.1) is 6.61 Å². The highest BCUT2D eigenvalue weighted by Crippen LogP contribution is 2.43. The van der Waals surface area contributed by atoms with E-state index in [1.165, 1.54) is 11.1 Å². The second-order valence-electron chi connectivity index (χ2n) is 8.03. The number of ether oxygens (including phenoxy) is 1. The summed E-state index contributed by atoms with van der Waals surface area (Å²) in [7, 11) is 2.20. The summed E-state index contributed by atoms with van der Waals surface area (Å²) in [5, 5.41) is 0. The molecule has 2 N–H and O–H groups in total. The second kappa shape index (κ2) is 7.73. The van der Waals surface area contributed by atoms with Crippen LogP contribution >= 0.6 is 0 Å². The molecule has 3 atom stereocenters. The minimum atomic E-state index is 0.0619. The van der Waals surface area contributed by atoms with Gasteiger partial charge in [0.25, 0.3) is 0 Å². The molecule has 1 fully saturated rings. The molecule has 1 aromatic carbocycles. The molecular formula is C23H31N3O. The molecule has 0 radical (unpaired) electrons. The van der Waals surface area contributed by atoms with Gasteiger partial charge in [-0.25, -0.2) is 4.98 Å². The van der Waals surface area contributed by atoms with Crippen LogP contribution in [0.1, 0.15) is 37.0 Å². The Kier molecular flexibility index (Phi) is 5.56. The van der Waals surface area contributed by atoms with Gasteiger partial charge in [-0.2, -0.15) is 0 Å². The highest BCUT2D eigenvalue weighted by Gasteiger charge is 2.44. The molecule has 2 aromatic rings. The van der Waals surface area contributed by atoms with Crippen molar-refractivity contribution in [2.45, 2.75) is 38.6 Å². The van der Waals surface area contributed by atoms with Crippen molar-refractivity contribution in [1.29, 1.82) is 0 Å². The number of likely N-dealkylation sites (tertiary alicyclic amines) is 1. The van der Waals surface area contributed by atoms with E-state index >= 15 is 0 Å². The lowest BCUT2D eigenvalue weighted by atomic mass is 9.64. The van der Waals surface area contributed by atoms with Crippen molar-refractivity contribution in [2.75, 3.05) is 20.2 Å². The highest BCUT2D eigenvalue weighted by molar-refractivity contribution is 5.60. The van der Waals surface area contributed by atoms with Gasteiger partial charge in [0.15, 0.2) is 0 Å². The van der Waals surface area contributed by atoms with Gasteiger partial charge in [-0.15, -0.1) is 0 Å². The van der Waals surface area contributed by atoms with Gasteiger partial charge in [0, 0.05) is 40.9 Å². The Morgan fingerprint density at radius 3 is 2.81 bits per heavy atom. The van der Waals surface area contributed by atoms with Crippen LogP contribution in [0.4, 0.5) is 0 Å². The predicted octanol–water partition coefficient (Wildman–Crippen LogP) is 4.00. The third kappa shape index (κ3) is 3.86. The van der Waals surface area contributed by atoms with Crippen molar-refractivity contribution >= 4 is 5.70 Å². The lowest BCUT2D eigenvalue weighted by Crippen LogP contribution is -2.54. The van der Waals surface area contributed by atoms with Crippen molar-refractivity contribution in [3.05, 3.63) is 65.9 Å². The zero-order chi connectivity index (χ0) is 19.6. The molecule has 0 amide bonds. The van der Waals surface area contributed by atoms with Crippen LogP contribution in [0.5, 0.6) is 5.88 Å². The first-order chi connectivity index (χ1) is 12.8. The molecule has 1 aliphatic heterocycles. The molecule has 0 aliphatic carbocycles. The molecule has 4 nitrogen and oxygen atoms in total. The van der Waals surface area contributed by atoms with E-state index in [0.29, 0.717) is 30.1 Å². The summed E-state index contributed by atoms with van der Waals surface area (Å²) in [6.45, 7) is 12.4. The van der Waals surface area contributed by atoms with Gasteiger partial charge in [-0.05, 0) is 51.1 Å². The van der Waals surface area contributed by atoms with E-state index < -0.39 is 0 Å². The van der Waals surface area contributed by atoms with Crippen molar-refractivity contribution in [3.63, 3.8) is 0 Å². The summed E-state index contributed by atoms with van der Waals surface area (Å²) in [5.41, 5.74) is 10.0. The Bertz CT molecular complexity index is 819. The Hall–Kier alpha value is -2.33. The molecule has 27 heavy (non-hydrogen) atoms. The third-order valence-electron chi connectivity index (χ3n) is 6.36. The standard InChI is InChI=1S/C23H31N3O/c1-16-8-6-7-9-20(16)23(4)11-13-26(5)18(3)21(23)15-27-22-14-19(17(2)24)10-12-25-22/h6-10,12,14,18,21H,2,11,13,15,24H2,1,3-5H3/t18?,21-,23+/m0/s1. The summed E-state index contributed by atoms with van der Waals surface area (Å²) < 4.78 is 6.18. The van der Waals surface area contributed by atoms with E-state index in [-0.39, 0.29) is 5.41 Å². The van der Waals surface area contributed by atoms with E-state index in [4.69, 9.17) is 10.5 Å². The number of aryl methyl sites for hydroxylation is 1. The van der Waals surface area contributed by atoms with E-state index in [1.807, 2.05) is 12.1 Å². The minimum Gasteiger partial charge on any atom is -0.477 e. The Balaban J connectivity index is 1.88. The van der Waals surface area contributed by atoms with Gasteiger partial charge >= 0.3 is 0 Å². The molecule has 144 valence electrons. The van der Waals surface area contributed by atoms with Crippen molar-refractivity contribution < 1.29 is 4.74 Å². The number of nitrogens with zero attached hydrogens (tertiary/aromatic N) is 2. The molecule has 0 bridgehead atoms. The van der Waals surface area contributed by atoms with Gasteiger partial charge < -0.3 is 15.4 Å². The maximum absolute atomic E-state index is 6.18. The van der Waals surface area contributed by atoms with Crippen LogP contribution in [-0.4, -0.2) is 36.1 Å². The minimum absolute atomic E-state index is 0.0619. The molecule has 1 saturated heterocycles. The smallest absolute Gasteiger partial charge is 0.213 e. The van der Waals surface area contributed by atoms with Crippen LogP contribution in [0.25, 0.3) is 5.70 Å². The van der Waals surface area contributed by atoms with Gasteiger partial charge in [-0.1, -0.05) is 37.8 Å². The summed E-state index contributed by atoms with van der Waals surface area (Å²) in [5.74, 6) is 0.954. The quantitative estimate of drug-likeness (QED) is 0.870. The van der Waals surface area contributed by atoms with E-state index in [1.54, 1.807) is 6.20 Å². The Morgan fingerprint density at radius 2 is 2.11 bits per heavy atom. The Morgan fingerprint density at radius 1 is 1.37 bits per heavy atom.